The molecule has 1 rings (SSSR count). The van der Waals surface area contributed by atoms with E-state index in [1.54, 1.807) is 12.2 Å². The molecule has 5 nitrogen and oxygen atoms in total. The first-order chi connectivity index (χ1) is 8.59. The van der Waals surface area contributed by atoms with Crippen molar-refractivity contribution in [2.24, 2.45) is 0 Å². The number of esters is 1. The van der Waals surface area contributed by atoms with Gasteiger partial charge in [-0.1, -0.05) is 12.2 Å². The molecule has 0 saturated heterocycles. The third kappa shape index (κ3) is 2.94. The lowest BCUT2D eigenvalue weighted by molar-refractivity contribution is -0.187. The van der Waals surface area contributed by atoms with Gasteiger partial charge >= 0.3 is 5.97 Å². The molecular formula is C13H16O5. The van der Waals surface area contributed by atoms with Crippen LogP contribution < -0.4 is 0 Å². The van der Waals surface area contributed by atoms with E-state index in [9.17, 15) is 9.59 Å². The smallest absolute Gasteiger partial charge is 0.337 e. The fourth-order valence-electron chi connectivity index (χ4n) is 1.45. The molecular weight excluding hydrogens is 236 g/mol. The first-order valence-electron chi connectivity index (χ1n) is 5.43. The van der Waals surface area contributed by atoms with E-state index in [1.807, 2.05) is 6.92 Å². The van der Waals surface area contributed by atoms with Crippen LogP contribution in [0.5, 0.6) is 0 Å². The summed E-state index contributed by atoms with van der Waals surface area (Å²) in [5.74, 6) is -2.48. The van der Waals surface area contributed by atoms with Crippen LogP contribution in [0.1, 0.15) is 6.92 Å². The molecule has 0 bridgehead atoms. The van der Waals surface area contributed by atoms with E-state index in [0.29, 0.717) is 0 Å². The van der Waals surface area contributed by atoms with E-state index in [-0.39, 0.29) is 18.0 Å². The molecule has 1 aliphatic carbocycles. The van der Waals surface area contributed by atoms with E-state index < -0.39 is 11.8 Å². The standard InChI is InChI=1S/C13H16O5/c1-4-5-8-18-13(17-3)9-10(12(15)16-2)6-7-11(13)14/h4-7,9H,8H2,1-3H3/b5-4+. The second-order valence-corrected chi connectivity index (χ2v) is 3.54. The predicted octanol–water partition coefficient (Wildman–Crippen LogP) is 1.16. The molecule has 1 unspecified atom stereocenters. The number of carbonyl (C=O) groups is 2. The van der Waals surface area contributed by atoms with Gasteiger partial charge in [-0.3, -0.25) is 4.79 Å². The van der Waals surface area contributed by atoms with Crippen LogP contribution in [0.2, 0.25) is 0 Å². The zero-order chi connectivity index (χ0) is 13.6. The fraction of sp³-hybridized carbons (Fsp3) is 0.385. The Labute approximate surface area is 106 Å². The van der Waals surface area contributed by atoms with Crippen LogP contribution in [0, 0.1) is 0 Å². The van der Waals surface area contributed by atoms with Crippen molar-refractivity contribution >= 4 is 11.8 Å². The Bertz CT molecular complexity index is 419. The second kappa shape index (κ2) is 6.28. The molecule has 0 radical (unpaired) electrons. The summed E-state index contributed by atoms with van der Waals surface area (Å²) >= 11 is 0. The van der Waals surface area contributed by atoms with Crippen molar-refractivity contribution in [3.8, 4) is 0 Å². The van der Waals surface area contributed by atoms with Crippen molar-refractivity contribution in [3.63, 3.8) is 0 Å². The van der Waals surface area contributed by atoms with E-state index in [0.717, 1.165) is 0 Å². The Kier molecular flexibility index (Phi) is 5.00. The van der Waals surface area contributed by atoms with Crippen molar-refractivity contribution in [2.45, 2.75) is 12.7 Å². The molecule has 0 amide bonds. The summed E-state index contributed by atoms with van der Waals surface area (Å²) in [6, 6.07) is 0. The molecule has 1 atom stereocenters. The quantitative estimate of drug-likeness (QED) is 0.417. The highest BCUT2D eigenvalue weighted by molar-refractivity contribution is 6.04. The van der Waals surface area contributed by atoms with Crippen LogP contribution in [0.4, 0.5) is 0 Å². The molecule has 1 aliphatic rings. The molecule has 0 spiro atoms. The van der Waals surface area contributed by atoms with Crippen molar-refractivity contribution in [1.29, 1.82) is 0 Å². The highest BCUT2D eigenvalue weighted by atomic mass is 16.7. The number of allylic oxidation sites excluding steroid dienone is 1. The summed E-state index contributed by atoms with van der Waals surface area (Å²) in [4.78, 5) is 23.3. The zero-order valence-corrected chi connectivity index (χ0v) is 10.6. The lowest BCUT2D eigenvalue weighted by Gasteiger charge is -2.28. The van der Waals surface area contributed by atoms with Gasteiger partial charge < -0.3 is 14.2 Å². The van der Waals surface area contributed by atoms with Crippen LogP contribution in [0.15, 0.2) is 36.0 Å². The summed E-state index contributed by atoms with van der Waals surface area (Å²) in [6.07, 6.45) is 7.47. The van der Waals surface area contributed by atoms with Gasteiger partial charge in [0.05, 0.1) is 19.3 Å². The van der Waals surface area contributed by atoms with Gasteiger partial charge in [0.1, 0.15) is 0 Å². The van der Waals surface area contributed by atoms with Gasteiger partial charge in [0.2, 0.25) is 5.78 Å². The fourth-order valence-corrected chi connectivity index (χ4v) is 1.45. The average molecular weight is 252 g/mol. The number of carbonyl (C=O) groups excluding carboxylic acids is 2. The SMILES string of the molecule is C/C=C/COC1(OC)C=C(C(=O)OC)C=CC1=O. The molecule has 0 heterocycles. The minimum absolute atomic E-state index is 0.203. The van der Waals surface area contributed by atoms with E-state index in [1.165, 1.54) is 32.4 Å². The lowest BCUT2D eigenvalue weighted by Crippen LogP contribution is -2.43. The maximum absolute atomic E-state index is 11.8. The van der Waals surface area contributed by atoms with Gasteiger partial charge in [0.15, 0.2) is 0 Å². The summed E-state index contributed by atoms with van der Waals surface area (Å²) in [6.45, 7) is 2.04. The van der Waals surface area contributed by atoms with Crippen LogP contribution in [-0.4, -0.2) is 38.4 Å². The summed E-state index contributed by atoms with van der Waals surface area (Å²) in [5.41, 5.74) is 0.222. The zero-order valence-electron chi connectivity index (χ0n) is 10.6. The molecule has 0 saturated carbocycles. The highest BCUT2D eigenvalue weighted by Gasteiger charge is 2.39. The third-order valence-electron chi connectivity index (χ3n) is 2.46. The Morgan fingerprint density at radius 2 is 2.11 bits per heavy atom. The molecule has 0 fully saturated rings. The van der Waals surface area contributed by atoms with E-state index in [2.05, 4.69) is 4.74 Å². The maximum Gasteiger partial charge on any atom is 0.337 e. The van der Waals surface area contributed by atoms with Crippen LogP contribution in [0.25, 0.3) is 0 Å². The van der Waals surface area contributed by atoms with Gasteiger partial charge in [-0.25, -0.2) is 4.79 Å². The van der Waals surface area contributed by atoms with Crippen LogP contribution in [0.3, 0.4) is 0 Å². The third-order valence-corrected chi connectivity index (χ3v) is 2.46. The molecule has 0 aromatic heterocycles. The number of rotatable bonds is 5. The topological polar surface area (TPSA) is 61.8 Å². The number of methoxy groups -OCH3 is 2. The Balaban J connectivity index is 3.00. The largest absolute Gasteiger partial charge is 0.465 e. The molecule has 0 N–H and O–H groups in total. The van der Waals surface area contributed by atoms with Crippen LogP contribution in [-0.2, 0) is 23.8 Å². The number of ketones is 1. The van der Waals surface area contributed by atoms with E-state index >= 15 is 0 Å². The minimum atomic E-state index is -1.56. The van der Waals surface area contributed by atoms with Crippen molar-refractivity contribution in [1.82, 2.24) is 0 Å². The molecule has 98 valence electrons. The Morgan fingerprint density at radius 3 is 2.67 bits per heavy atom. The van der Waals surface area contributed by atoms with Gasteiger partial charge in [-0.15, -0.1) is 0 Å². The molecule has 18 heavy (non-hydrogen) atoms. The number of ether oxygens (including phenoxy) is 3. The first kappa shape index (κ1) is 14.3. The first-order valence-corrected chi connectivity index (χ1v) is 5.43. The molecule has 0 aromatic carbocycles. The van der Waals surface area contributed by atoms with Crippen molar-refractivity contribution < 1.29 is 23.8 Å². The van der Waals surface area contributed by atoms with Gasteiger partial charge in [0, 0.05) is 7.11 Å². The van der Waals surface area contributed by atoms with Gasteiger partial charge in [-0.05, 0) is 25.2 Å². The summed E-state index contributed by atoms with van der Waals surface area (Å²) in [5, 5.41) is 0. The van der Waals surface area contributed by atoms with Crippen molar-refractivity contribution in [2.75, 3.05) is 20.8 Å². The minimum Gasteiger partial charge on any atom is -0.465 e. The average Bonchev–Trinajstić information content (AvgIpc) is 2.40. The summed E-state index contributed by atoms with van der Waals surface area (Å²) < 4.78 is 15.1. The van der Waals surface area contributed by atoms with Crippen molar-refractivity contribution in [3.05, 3.63) is 36.0 Å². The van der Waals surface area contributed by atoms with Crippen LogP contribution >= 0.6 is 0 Å². The lowest BCUT2D eigenvalue weighted by atomic mass is 10.00. The van der Waals surface area contributed by atoms with Gasteiger partial charge in [0.25, 0.3) is 5.79 Å². The predicted molar refractivity (Wildman–Crippen MR) is 64.8 cm³/mol. The maximum atomic E-state index is 11.8. The molecule has 0 aromatic rings. The van der Waals surface area contributed by atoms with Gasteiger partial charge in [-0.2, -0.15) is 0 Å². The number of hydrogen-bond acceptors (Lipinski definition) is 5. The summed E-state index contributed by atoms with van der Waals surface area (Å²) in [7, 11) is 2.61. The molecule has 0 aliphatic heterocycles. The second-order valence-electron chi connectivity index (χ2n) is 3.54. The van der Waals surface area contributed by atoms with E-state index in [4.69, 9.17) is 9.47 Å². The Hall–Kier alpha value is -1.72. The highest BCUT2D eigenvalue weighted by Crippen LogP contribution is 2.24. The number of hydrogen-bond donors (Lipinski definition) is 0. The Morgan fingerprint density at radius 1 is 1.39 bits per heavy atom. The monoisotopic (exact) mass is 252 g/mol. The molecule has 5 heteroatoms. The normalized spacial score (nSPS) is 23.3.